The smallest absolute Gasteiger partial charge is 0.323 e. The molecule has 1 rings (SSSR count). The van der Waals surface area contributed by atoms with Crippen molar-refractivity contribution in [3.63, 3.8) is 0 Å². The largest absolute Gasteiger partial charge is 0.480 e. The lowest BCUT2D eigenvalue weighted by Crippen LogP contribution is -2.41. The summed E-state index contributed by atoms with van der Waals surface area (Å²) in [6.45, 7) is 3.85. The van der Waals surface area contributed by atoms with Gasteiger partial charge in [-0.15, -0.1) is 0 Å². The van der Waals surface area contributed by atoms with Crippen LogP contribution >= 0.6 is 0 Å². The first-order valence-corrected chi connectivity index (χ1v) is 5.51. The highest BCUT2D eigenvalue weighted by Crippen LogP contribution is 2.05. The van der Waals surface area contributed by atoms with Crippen LogP contribution in [0.5, 0.6) is 0 Å². The van der Waals surface area contributed by atoms with E-state index in [2.05, 4.69) is 15.3 Å². The monoisotopic (exact) mass is 252 g/mol. The standard InChI is InChI=1S/C11H16N4O3/c1-8(2)5-15(6-10(16)17)11(18)14-9-3-12-7-13-4-9/h3-4,7-8H,5-6H2,1-2H3,(H,14,18)(H,16,17). The molecule has 0 aliphatic rings. The van der Waals surface area contributed by atoms with Gasteiger partial charge in [-0.3, -0.25) is 4.79 Å². The van der Waals surface area contributed by atoms with Gasteiger partial charge in [-0.2, -0.15) is 0 Å². The van der Waals surface area contributed by atoms with Gasteiger partial charge in [0.15, 0.2) is 0 Å². The molecule has 1 aromatic rings. The molecule has 0 bridgehead atoms. The Bertz CT molecular complexity index is 408. The zero-order valence-corrected chi connectivity index (χ0v) is 10.3. The molecular weight excluding hydrogens is 236 g/mol. The average molecular weight is 252 g/mol. The van der Waals surface area contributed by atoms with Crippen molar-refractivity contribution >= 4 is 17.7 Å². The number of hydrogen-bond acceptors (Lipinski definition) is 4. The first-order valence-electron chi connectivity index (χ1n) is 5.51. The number of carbonyl (C=O) groups excluding carboxylic acids is 1. The number of carboxylic acids is 1. The van der Waals surface area contributed by atoms with Crippen LogP contribution in [-0.2, 0) is 4.79 Å². The third-order valence-corrected chi connectivity index (χ3v) is 2.01. The lowest BCUT2D eigenvalue weighted by Gasteiger charge is -2.22. The molecule has 0 radical (unpaired) electrons. The molecule has 0 saturated heterocycles. The highest BCUT2D eigenvalue weighted by molar-refractivity contribution is 5.91. The zero-order valence-electron chi connectivity index (χ0n) is 10.3. The number of anilines is 1. The Kier molecular flexibility index (Phi) is 5.04. The summed E-state index contributed by atoms with van der Waals surface area (Å²) in [5.74, 6) is -0.864. The normalized spacial score (nSPS) is 10.2. The lowest BCUT2D eigenvalue weighted by atomic mass is 10.2. The molecule has 0 spiro atoms. The number of carbonyl (C=O) groups is 2. The van der Waals surface area contributed by atoms with Crippen molar-refractivity contribution in [3.8, 4) is 0 Å². The van der Waals surface area contributed by atoms with Crippen molar-refractivity contribution in [1.82, 2.24) is 14.9 Å². The van der Waals surface area contributed by atoms with E-state index in [9.17, 15) is 9.59 Å². The van der Waals surface area contributed by atoms with E-state index in [1.165, 1.54) is 23.6 Å². The third kappa shape index (κ3) is 4.77. The van der Waals surface area contributed by atoms with Gasteiger partial charge in [-0.1, -0.05) is 13.8 Å². The van der Waals surface area contributed by atoms with Crippen molar-refractivity contribution in [2.24, 2.45) is 5.92 Å². The summed E-state index contributed by atoms with van der Waals surface area (Å²) >= 11 is 0. The number of aliphatic carboxylic acids is 1. The minimum absolute atomic E-state index is 0.183. The van der Waals surface area contributed by atoms with Crippen LogP contribution in [0, 0.1) is 5.92 Å². The zero-order chi connectivity index (χ0) is 13.5. The Hall–Kier alpha value is -2.18. The molecule has 1 aromatic heterocycles. The molecule has 2 amide bonds. The number of nitrogens with zero attached hydrogens (tertiary/aromatic N) is 3. The van der Waals surface area contributed by atoms with E-state index in [0.717, 1.165) is 0 Å². The van der Waals surface area contributed by atoms with Gasteiger partial charge in [0.05, 0.1) is 18.1 Å². The maximum absolute atomic E-state index is 11.9. The molecule has 0 saturated carbocycles. The molecule has 98 valence electrons. The van der Waals surface area contributed by atoms with Gasteiger partial charge < -0.3 is 15.3 Å². The van der Waals surface area contributed by atoms with Crippen LogP contribution in [0.4, 0.5) is 10.5 Å². The van der Waals surface area contributed by atoms with Gasteiger partial charge in [0.2, 0.25) is 0 Å². The topological polar surface area (TPSA) is 95.4 Å². The van der Waals surface area contributed by atoms with Crippen LogP contribution in [0.2, 0.25) is 0 Å². The first-order chi connectivity index (χ1) is 8.49. The van der Waals surface area contributed by atoms with Gasteiger partial charge >= 0.3 is 12.0 Å². The molecule has 0 aromatic carbocycles. The van der Waals surface area contributed by atoms with E-state index in [1.54, 1.807) is 0 Å². The molecule has 0 aliphatic heterocycles. The van der Waals surface area contributed by atoms with Crippen LogP contribution in [0.15, 0.2) is 18.7 Å². The third-order valence-electron chi connectivity index (χ3n) is 2.01. The van der Waals surface area contributed by atoms with Crippen molar-refractivity contribution in [2.45, 2.75) is 13.8 Å². The van der Waals surface area contributed by atoms with Gasteiger partial charge in [0.25, 0.3) is 0 Å². The maximum Gasteiger partial charge on any atom is 0.323 e. The van der Waals surface area contributed by atoms with E-state index in [4.69, 9.17) is 5.11 Å². The second-order valence-electron chi connectivity index (χ2n) is 4.23. The van der Waals surface area contributed by atoms with Crippen LogP contribution in [0.25, 0.3) is 0 Å². The maximum atomic E-state index is 11.9. The Morgan fingerprint density at radius 2 is 2.00 bits per heavy atom. The molecule has 18 heavy (non-hydrogen) atoms. The van der Waals surface area contributed by atoms with Crippen LogP contribution in [0.1, 0.15) is 13.8 Å². The molecule has 1 heterocycles. The van der Waals surface area contributed by atoms with E-state index in [1.807, 2.05) is 13.8 Å². The number of hydrogen-bond donors (Lipinski definition) is 2. The number of carboxylic acid groups (broad SMARTS) is 1. The number of nitrogens with one attached hydrogen (secondary N) is 1. The molecule has 7 heteroatoms. The van der Waals surface area contributed by atoms with Crippen molar-refractivity contribution in [1.29, 1.82) is 0 Å². The first kappa shape index (κ1) is 13.9. The molecule has 0 unspecified atom stereocenters. The predicted octanol–water partition coefficient (Wildman–Crippen LogP) is 1.05. The second kappa shape index (κ2) is 6.53. The summed E-state index contributed by atoms with van der Waals surface area (Å²) in [6, 6.07) is -0.471. The Morgan fingerprint density at radius 1 is 1.39 bits per heavy atom. The predicted molar refractivity (Wildman–Crippen MR) is 65.1 cm³/mol. The van der Waals surface area contributed by atoms with Crippen molar-refractivity contribution < 1.29 is 14.7 Å². The highest BCUT2D eigenvalue weighted by atomic mass is 16.4. The Morgan fingerprint density at radius 3 is 2.50 bits per heavy atom. The molecule has 0 atom stereocenters. The van der Waals surface area contributed by atoms with E-state index in [0.29, 0.717) is 12.2 Å². The van der Waals surface area contributed by atoms with E-state index in [-0.39, 0.29) is 12.5 Å². The Balaban J connectivity index is 2.67. The van der Waals surface area contributed by atoms with Gasteiger partial charge in [0.1, 0.15) is 12.9 Å². The average Bonchev–Trinajstić information content (AvgIpc) is 2.28. The minimum atomic E-state index is -1.05. The van der Waals surface area contributed by atoms with Crippen molar-refractivity contribution in [2.75, 3.05) is 18.4 Å². The summed E-state index contributed by atoms with van der Waals surface area (Å²) in [4.78, 5) is 31.3. The van der Waals surface area contributed by atoms with Crippen LogP contribution < -0.4 is 5.32 Å². The highest BCUT2D eigenvalue weighted by Gasteiger charge is 2.17. The van der Waals surface area contributed by atoms with Crippen LogP contribution in [-0.4, -0.2) is 45.1 Å². The summed E-state index contributed by atoms with van der Waals surface area (Å²) < 4.78 is 0. The molecule has 2 N–H and O–H groups in total. The molecule has 0 aliphatic carbocycles. The summed E-state index contributed by atoms with van der Waals surface area (Å²) in [5.41, 5.74) is 0.432. The van der Waals surface area contributed by atoms with E-state index >= 15 is 0 Å². The SMILES string of the molecule is CC(C)CN(CC(=O)O)C(=O)Nc1cncnc1. The molecule has 7 nitrogen and oxygen atoms in total. The summed E-state index contributed by atoms with van der Waals surface area (Å²) in [5, 5.41) is 11.3. The number of aromatic nitrogens is 2. The fourth-order valence-corrected chi connectivity index (χ4v) is 1.39. The van der Waals surface area contributed by atoms with Gasteiger partial charge in [-0.25, -0.2) is 14.8 Å². The van der Waals surface area contributed by atoms with Gasteiger partial charge in [-0.05, 0) is 5.92 Å². The second-order valence-corrected chi connectivity index (χ2v) is 4.23. The number of urea groups is 1. The fraction of sp³-hybridized carbons (Fsp3) is 0.455. The Labute approximate surface area is 105 Å². The van der Waals surface area contributed by atoms with E-state index < -0.39 is 12.0 Å². The number of rotatable bonds is 5. The number of amides is 2. The summed E-state index contributed by atoms with van der Waals surface area (Å²) in [6.07, 6.45) is 4.23. The minimum Gasteiger partial charge on any atom is -0.480 e. The quantitative estimate of drug-likeness (QED) is 0.816. The van der Waals surface area contributed by atoms with Gasteiger partial charge in [0, 0.05) is 6.54 Å². The summed E-state index contributed by atoms with van der Waals surface area (Å²) in [7, 11) is 0. The van der Waals surface area contributed by atoms with Crippen molar-refractivity contribution in [3.05, 3.63) is 18.7 Å². The van der Waals surface area contributed by atoms with Crippen LogP contribution in [0.3, 0.4) is 0 Å². The molecular formula is C11H16N4O3. The molecule has 0 fully saturated rings. The fourth-order valence-electron chi connectivity index (χ4n) is 1.39. The lowest BCUT2D eigenvalue weighted by molar-refractivity contribution is -0.137.